The van der Waals surface area contributed by atoms with E-state index >= 15 is 0 Å². The summed E-state index contributed by atoms with van der Waals surface area (Å²) < 4.78 is 16.5. The zero-order valence-corrected chi connectivity index (χ0v) is 19.7. The third-order valence-corrected chi connectivity index (χ3v) is 6.27. The number of hydrogen-bond donors (Lipinski definition) is 1. The standard InChI is InChI=1S/C27H29FN4O2/c1-18(9-10-21-7-5-4-6-8-21)30-25(33)17-32-27(34)26-20(3)31(19(2)24(26)15-29-32)16-22-11-13-23(28)14-12-22/h4-8,11-15,18H,9-10,16-17H2,1-3H3,(H,30,33)/t18-/m1/s1. The van der Waals surface area contributed by atoms with Gasteiger partial charge in [-0.3, -0.25) is 9.59 Å². The summed E-state index contributed by atoms with van der Waals surface area (Å²) in [5, 5.41) is 8.55. The highest BCUT2D eigenvalue weighted by molar-refractivity contribution is 5.87. The Bertz CT molecular complexity index is 1360. The smallest absolute Gasteiger partial charge is 0.276 e. The van der Waals surface area contributed by atoms with E-state index in [2.05, 4.69) is 22.5 Å². The number of nitrogens with zero attached hydrogens (tertiary/aromatic N) is 3. The second-order valence-electron chi connectivity index (χ2n) is 8.77. The molecule has 1 N–H and O–H groups in total. The first-order valence-electron chi connectivity index (χ1n) is 11.5. The second kappa shape index (κ2) is 10.0. The Balaban J connectivity index is 1.48. The van der Waals surface area contributed by atoms with Gasteiger partial charge in [0.25, 0.3) is 5.56 Å². The Morgan fingerprint density at radius 3 is 2.44 bits per heavy atom. The molecule has 34 heavy (non-hydrogen) atoms. The van der Waals surface area contributed by atoms with E-state index in [9.17, 15) is 14.0 Å². The van der Waals surface area contributed by atoms with Crippen LogP contribution in [0.2, 0.25) is 0 Å². The Morgan fingerprint density at radius 2 is 1.74 bits per heavy atom. The molecule has 0 spiro atoms. The number of hydrogen-bond acceptors (Lipinski definition) is 3. The first-order valence-corrected chi connectivity index (χ1v) is 11.5. The molecule has 0 saturated carbocycles. The average molecular weight is 461 g/mol. The van der Waals surface area contributed by atoms with Gasteiger partial charge < -0.3 is 9.88 Å². The Hall–Kier alpha value is -3.74. The van der Waals surface area contributed by atoms with Crippen LogP contribution in [0.5, 0.6) is 0 Å². The minimum absolute atomic E-state index is 0.0205. The third kappa shape index (κ3) is 5.09. The van der Waals surface area contributed by atoms with Crippen LogP contribution in [-0.4, -0.2) is 26.3 Å². The summed E-state index contributed by atoms with van der Waals surface area (Å²) in [4.78, 5) is 25.8. The van der Waals surface area contributed by atoms with Crippen LogP contribution in [0, 0.1) is 19.7 Å². The van der Waals surface area contributed by atoms with Crippen molar-refractivity contribution in [1.29, 1.82) is 0 Å². The monoisotopic (exact) mass is 460 g/mol. The Kier molecular flexibility index (Phi) is 6.91. The van der Waals surface area contributed by atoms with Crippen LogP contribution >= 0.6 is 0 Å². The highest BCUT2D eigenvalue weighted by Crippen LogP contribution is 2.23. The van der Waals surface area contributed by atoms with Gasteiger partial charge in [-0.2, -0.15) is 5.10 Å². The van der Waals surface area contributed by atoms with Crippen LogP contribution in [-0.2, 0) is 24.3 Å². The predicted octanol–water partition coefficient (Wildman–Crippen LogP) is 4.14. The summed E-state index contributed by atoms with van der Waals surface area (Å²) in [6.45, 7) is 6.17. The van der Waals surface area contributed by atoms with E-state index in [0.29, 0.717) is 11.9 Å². The molecule has 0 fully saturated rings. The fourth-order valence-electron chi connectivity index (χ4n) is 4.32. The van der Waals surface area contributed by atoms with E-state index in [-0.39, 0.29) is 29.9 Å². The molecule has 0 aliphatic carbocycles. The first kappa shape index (κ1) is 23.4. The van der Waals surface area contributed by atoms with Crippen LogP contribution in [0.25, 0.3) is 10.8 Å². The van der Waals surface area contributed by atoms with E-state index < -0.39 is 0 Å². The lowest BCUT2D eigenvalue weighted by Crippen LogP contribution is -2.38. The van der Waals surface area contributed by atoms with E-state index in [1.807, 2.05) is 43.5 Å². The Labute approximate surface area is 198 Å². The number of aryl methyl sites for hydroxylation is 3. The van der Waals surface area contributed by atoms with Crippen molar-refractivity contribution in [3.8, 4) is 0 Å². The number of amides is 1. The molecule has 6 nitrogen and oxygen atoms in total. The molecule has 0 aliphatic rings. The normalized spacial score (nSPS) is 12.1. The number of carbonyl (C=O) groups is 1. The molecule has 0 saturated heterocycles. The van der Waals surface area contributed by atoms with Crippen LogP contribution in [0.4, 0.5) is 4.39 Å². The van der Waals surface area contributed by atoms with Crippen molar-refractivity contribution >= 4 is 16.7 Å². The lowest BCUT2D eigenvalue weighted by Gasteiger charge is -2.14. The van der Waals surface area contributed by atoms with Gasteiger partial charge >= 0.3 is 0 Å². The summed E-state index contributed by atoms with van der Waals surface area (Å²) >= 11 is 0. The van der Waals surface area contributed by atoms with Gasteiger partial charge in [0, 0.05) is 29.4 Å². The van der Waals surface area contributed by atoms with Gasteiger partial charge in [-0.05, 0) is 56.9 Å². The lowest BCUT2D eigenvalue weighted by atomic mass is 10.1. The zero-order chi connectivity index (χ0) is 24.2. The van der Waals surface area contributed by atoms with Gasteiger partial charge in [0.2, 0.25) is 5.91 Å². The maximum atomic E-state index is 13.3. The van der Waals surface area contributed by atoms with Crippen molar-refractivity contribution in [2.75, 3.05) is 0 Å². The fourth-order valence-corrected chi connectivity index (χ4v) is 4.32. The first-order chi connectivity index (χ1) is 16.3. The molecule has 4 rings (SSSR count). The minimum Gasteiger partial charge on any atom is -0.352 e. The maximum absolute atomic E-state index is 13.3. The van der Waals surface area contributed by atoms with Crippen molar-refractivity contribution in [2.24, 2.45) is 0 Å². The average Bonchev–Trinajstić information content (AvgIpc) is 3.06. The molecule has 0 bridgehead atoms. The molecule has 176 valence electrons. The van der Waals surface area contributed by atoms with Gasteiger partial charge in [-0.25, -0.2) is 9.07 Å². The summed E-state index contributed by atoms with van der Waals surface area (Å²) in [6, 6.07) is 16.4. The van der Waals surface area contributed by atoms with Gasteiger partial charge in [0.15, 0.2) is 0 Å². The summed E-state index contributed by atoms with van der Waals surface area (Å²) in [7, 11) is 0. The van der Waals surface area contributed by atoms with Gasteiger partial charge in [0.1, 0.15) is 12.4 Å². The molecule has 0 radical (unpaired) electrons. The molecule has 2 heterocycles. The summed E-state index contributed by atoms with van der Waals surface area (Å²) in [5.41, 5.74) is 3.58. The highest BCUT2D eigenvalue weighted by Gasteiger charge is 2.18. The zero-order valence-electron chi connectivity index (χ0n) is 19.7. The maximum Gasteiger partial charge on any atom is 0.276 e. The number of benzene rings is 2. The van der Waals surface area contributed by atoms with Gasteiger partial charge in [0.05, 0.1) is 11.6 Å². The number of carbonyl (C=O) groups excluding carboxylic acids is 1. The molecule has 0 unspecified atom stereocenters. The summed E-state index contributed by atoms with van der Waals surface area (Å²) in [5.74, 6) is -0.524. The van der Waals surface area contributed by atoms with Crippen LogP contribution in [0.3, 0.4) is 0 Å². The summed E-state index contributed by atoms with van der Waals surface area (Å²) in [6.07, 6.45) is 3.32. The number of nitrogens with one attached hydrogen (secondary N) is 1. The Morgan fingerprint density at radius 1 is 1.03 bits per heavy atom. The number of fused-ring (bicyclic) bond motifs is 1. The van der Waals surface area contributed by atoms with Crippen molar-refractivity contribution in [3.05, 3.63) is 99.5 Å². The number of rotatable bonds is 8. The van der Waals surface area contributed by atoms with E-state index in [1.165, 1.54) is 22.4 Å². The number of aromatic nitrogens is 3. The van der Waals surface area contributed by atoms with Crippen LogP contribution in [0.15, 0.2) is 65.6 Å². The van der Waals surface area contributed by atoms with Crippen LogP contribution in [0.1, 0.15) is 35.9 Å². The molecular weight excluding hydrogens is 431 g/mol. The molecule has 7 heteroatoms. The molecular formula is C27H29FN4O2. The predicted molar refractivity (Wildman–Crippen MR) is 131 cm³/mol. The van der Waals surface area contributed by atoms with E-state index in [4.69, 9.17) is 0 Å². The van der Waals surface area contributed by atoms with E-state index in [1.54, 1.807) is 18.3 Å². The van der Waals surface area contributed by atoms with Gasteiger partial charge in [-0.1, -0.05) is 42.5 Å². The van der Waals surface area contributed by atoms with Crippen molar-refractivity contribution < 1.29 is 9.18 Å². The van der Waals surface area contributed by atoms with Crippen molar-refractivity contribution in [1.82, 2.24) is 19.7 Å². The highest BCUT2D eigenvalue weighted by atomic mass is 19.1. The minimum atomic E-state index is -0.289. The second-order valence-corrected chi connectivity index (χ2v) is 8.77. The molecule has 2 aromatic heterocycles. The SMILES string of the molecule is Cc1c2cnn(CC(=O)N[C@H](C)CCc3ccccc3)c(=O)c2c(C)n1Cc1ccc(F)cc1. The lowest BCUT2D eigenvalue weighted by molar-refractivity contribution is -0.122. The molecule has 2 aromatic carbocycles. The number of halogens is 1. The van der Waals surface area contributed by atoms with E-state index in [0.717, 1.165) is 35.2 Å². The molecule has 0 aliphatic heterocycles. The van der Waals surface area contributed by atoms with Gasteiger partial charge in [-0.15, -0.1) is 0 Å². The largest absolute Gasteiger partial charge is 0.352 e. The van der Waals surface area contributed by atoms with Crippen molar-refractivity contribution in [3.63, 3.8) is 0 Å². The molecule has 4 aromatic rings. The molecule has 1 amide bonds. The molecule has 1 atom stereocenters. The van der Waals surface area contributed by atoms with Crippen molar-refractivity contribution in [2.45, 2.75) is 52.7 Å². The third-order valence-electron chi connectivity index (χ3n) is 6.27. The topological polar surface area (TPSA) is 68.9 Å². The van der Waals surface area contributed by atoms with Crippen LogP contribution < -0.4 is 10.9 Å². The fraction of sp³-hybridized carbons (Fsp3) is 0.296. The quantitative estimate of drug-likeness (QED) is 0.430.